The lowest BCUT2D eigenvalue weighted by Crippen LogP contribution is -2.57. The number of likely N-dealkylation sites (tertiary alicyclic amines) is 1. The maximum atomic E-state index is 12.9. The molecule has 4 unspecified atom stereocenters. The first-order valence-corrected chi connectivity index (χ1v) is 11.9. The van der Waals surface area contributed by atoms with Gasteiger partial charge in [-0.2, -0.15) is 0 Å². The van der Waals surface area contributed by atoms with Gasteiger partial charge in [0, 0.05) is 25.6 Å². The minimum absolute atomic E-state index is 0.0374. The second kappa shape index (κ2) is 8.10. The number of hydrogen-bond donors (Lipinski definition) is 4. The van der Waals surface area contributed by atoms with E-state index in [2.05, 4.69) is 34.6 Å². The standard InChI is InChI=1S/C25H33N5O2/c1-15-12-30(13-16-5-3-2-4-6-16)14-20(15)22(27)29-23(31)21(26)11-28-24(32)25-9-17-7-19(25)8-18(17)10-25/h2-6,15,17-20,26H,7-14H2,1H3,(H,28,32)(H2,27,29,31)/p+1. The summed E-state index contributed by atoms with van der Waals surface area (Å²) in [4.78, 5) is 27.8. The Hall–Kier alpha value is -2.54. The van der Waals surface area contributed by atoms with Gasteiger partial charge >= 0.3 is 5.91 Å². The van der Waals surface area contributed by atoms with Gasteiger partial charge in [-0.1, -0.05) is 37.3 Å². The van der Waals surface area contributed by atoms with E-state index in [0.717, 1.165) is 44.3 Å². The summed E-state index contributed by atoms with van der Waals surface area (Å²) in [5.41, 5.74) is 1.10. The molecule has 4 bridgehead atoms. The maximum absolute atomic E-state index is 12.9. The fourth-order valence-electron chi connectivity index (χ4n) is 7.03. The zero-order chi connectivity index (χ0) is 22.5. The van der Waals surface area contributed by atoms with Gasteiger partial charge < -0.3 is 10.6 Å². The van der Waals surface area contributed by atoms with E-state index < -0.39 is 5.91 Å². The fraction of sp³-hybridized carbons (Fsp3) is 0.600. The molecule has 5 fully saturated rings. The highest BCUT2D eigenvalue weighted by Crippen LogP contribution is 2.69. The zero-order valence-corrected chi connectivity index (χ0v) is 18.8. The highest BCUT2D eigenvalue weighted by Gasteiger charge is 2.66. The van der Waals surface area contributed by atoms with Crippen LogP contribution in [0.25, 0.3) is 0 Å². The van der Waals surface area contributed by atoms with Gasteiger partial charge in [-0.15, -0.1) is 0 Å². The lowest BCUT2D eigenvalue weighted by atomic mass is 9.80. The number of amides is 2. The van der Waals surface area contributed by atoms with E-state index in [9.17, 15) is 9.59 Å². The summed E-state index contributed by atoms with van der Waals surface area (Å²) in [5.74, 6) is 2.01. The van der Waals surface area contributed by atoms with E-state index in [1.54, 1.807) is 0 Å². The van der Waals surface area contributed by atoms with Crippen LogP contribution >= 0.6 is 0 Å². The number of carbonyl (C=O) groups is 2. The van der Waals surface area contributed by atoms with Crippen molar-refractivity contribution in [1.29, 1.82) is 5.41 Å². The van der Waals surface area contributed by atoms with Crippen LogP contribution in [0.15, 0.2) is 30.3 Å². The van der Waals surface area contributed by atoms with E-state index in [0.29, 0.717) is 5.92 Å². The molecule has 6 rings (SSSR count). The van der Waals surface area contributed by atoms with E-state index in [1.807, 2.05) is 18.2 Å². The van der Waals surface area contributed by atoms with Gasteiger partial charge in [-0.3, -0.25) is 25.3 Å². The van der Waals surface area contributed by atoms with E-state index in [4.69, 9.17) is 10.8 Å². The molecular weight excluding hydrogens is 402 g/mol. The molecule has 0 radical (unpaired) electrons. The van der Waals surface area contributed by atoms with Crippen molar-refractivity contribution >= 4 is 23.4 Å². The Bertz CT molecular complexity index is 931. The van der Waals surface area contributed by atoms with Crippen molar-refractivity contribution < 1.29 is 15.0 Å². The van der Waals surface area contributed by atoms with E-state index in [-0.39, 0.29) is 41.3 Å². The Labute approximate surface area is 189 Å². The number of carbonyl (C=O) groups excluding carboxylic acids is 2. The average molecular weight is 437 g/mol. The first-order chi connectivity index (χ1) is 15.4. The van der Waals surface area contributed by atoms with Crippen molar-refractivity contribution in [1.82, 2.24) is 15.5 Å². The van der Waals surface area contributed by atoms with Crippen molar-refractivity contribution in [2.24, 2.45) is 35.0 Å². The van der Waals surface area contributed by atoms with Crippen LogP contribution in [0.2, 0.25) is 0 Å². The second-order valence-corrected chi connectivity index (χ2v) is 10.6. The number of nitrogens with zero attached hydrogens (tertiary/aromatic N) is 1. The van der Waals surface area contributed by atoms with Crippen molar-refractivity contribution in [2.45, 2.75) is 39.2 Å². The Morgan fingerprint density at radius 1 is 1.16 bits per heavy atom. The van der Waals surface area contributed by atoms with Crippen molar-refractivity contribution in [3.63, 3.8) is 0 Å². The Kier molecular flexibility index (Phi) is 5.40. The summed E-state index contributed by atoms with van der Waals surface area (Å²) in [6.45, 7) is 4.62. The summed E-state index contributed by atoms with van der Waals surface area (Å²) >= 11 is 0. The van der Waals surface area contributed by atoms with Crippen molar-refractivity contribution in [2.75, 3.05) is 19.6 Å². The summed E-state index contributed by atoms with van der Waals surface area (Å²) in [7, 11) is 0. The van der Waals surface area contributed by atoms with Gasteiger partial charge in [0.15, 0.2) is 0 Å². The maximum Gasteiger partial charge on any atom is 0.318 e. The summed E-state index contributed by atoms with van der Waals surface area (Å²) in [6, 6.07) is 10.3. The van der Waals surface area contributed by atoms with Crippen molar-refractivity contribution in [3.8, 4) is 0 Å². The molecule has 170 valence electrons. The zero-order valence-electron chi connectivity index (χ0n) is 18.8. The molecule has 0 spiro atoms. The third-order valence-electron chi connectivity index (χ3n) is 8.61. The molecule has 1 aromatic carbocycles. The molecule has 1 aromatic rings. The summed E-state index contributed by atoms with van der Waals surface area (Å²) < 4.78 is 0. The Morgan fingerprint density at radius 3 is 2.47 bits per heavy atom. The number of nitrogens with two attached hydrogens (primary N) is 1. The molecule has 2 amide bonds. The van der Waals surface area contributed by atoms with Crippen LogP contribution in [0, 0.1) is 40.4 Å². The van der Waals surface area contributed by atoms with Crippen LogP contribution in [0.3, 0.4) is 0 Å². The molecule has 5 aliphatic rings. The van der Waals surface area contributed by atoms with Crippen LogP contribution in [0.5, 0.6) is 0 Å². The first kappa shape index (κ1) is 21.3. The summed E-state index contributed by atoms with van der Waals surface area (Å²) in [6.07, 6.45) is 4.39. The SMILES string of the molecule is CC1CN(Cc2ccccc2)CC1C(=N)NC(=O)C(=[NH2+])CNC(=O)C12CC3CC1CC3C2. The van der Waals surface area contributed by atoms with E-state index >= 15 is 0 Å². The highest BCUT2D eigenvalue weighted by molar-refractivity contribution is 6.40. The molecule has 5 N–H and O–H groups in total. The van der Waals surface area contributed by atoms with Crippen LogP contribution in [-0.4, -0.2) is 47.9 Å². The van der Waals surface area contributed by atoms with Gasteiger partial charge in [-0.25, -0.2) is 0 Å². The first-order valence-electron chi connectivity index (χ1n) is 11.9. The molecule has 7 nitrogen and oxygen atoms in total. The highest BCUT2D eigenvalue weighted by atomic mass is 16.2. The predicted molar refractivity (Wildman–Crippen MR) is 122 cm³/mol. The molecule has 4 atom stereocenters. The quantitative estimate of drug-likeness (QED) is 0.371. The van der Waals surface area contributed by atoms with Gasteiger partial charge in [0.25, 0.3) is 5.71 Å². The fourth-order valence-corrected chi connectivity index (χ4v) is 7.03. The molecule has 32 heavy (non-hydrogen) atoms. The predicted octanol–water partition coefficient (Wildman–Crippen LogP) is 0.600. The van der Waals surface area contributed by atoms with Gasteiger partial charge in [0.2, 0.25) is 5.91 Å². The normalized spacial score (nSPS) is 34.7. The molecule has 4 aliphatic carbocycles. The molecule has 1 aliphatic heterocycles. The number of nitrogens with one attached hydrogen (secondary N) is 3. The smallest absolute Gasteiger partial charge is 0.318 e. The number of benzene rings is 1. The third kappa shape index (κ3) is 3.66. The monoisotopic (exact) mass is 436 g/mol. The van der Waals surface area contributed by atoms with Gasteiger partial charge in [0.05, 0.1) is 5.41 Å². The summed E-state index contributed by atoms with van der Waals surface area (Å²) in [5, 5.41) is 20.1. The number of rotatable bonds is 7. The molecular formula is C25H34N5O2+. The Morgan fingerprint density at radius 2 is 1.84 bits per heavy atom. The molecule has 1 saturated heterocycles. The average Bonchev–Trinajstić information content (AvgIpc) is 3.56. The Balaban J connectivity index is 1.09. The molecule has 4 saturated carbocycles. The van der Waals surface area contributed by atoms with Crippen molar-refractivity contribution in [3.05, 3.63) is 35.9 Å². The molecule has 7 heteroatoms. The van der Waals surface area contributed by atoms with Crippen LogP contribution in [0.1, 0.15) is 38.2 Å². The van der Waals surface area contributed by atoms with Gasteiger partial charge in [-0.05, 0) is 54.9 Å². The van der Waals surface area contributed by atoms with Crippen LogP contribution in [0.4, 0.5) is 0 Å². The topological polar surface area (TPSA) is 111 Å². The number of hydrogen-bond acceptors (Lipinski definition) is 4. The largest absolute Gasteiger partial charge is 0.345 e. The minimum atomic E-state index is -0.471. The molecule has 1 heterocycles. The van der Waals surface area contributed by atoms with Crippen LogP contribution < -0.4 is 16.0 Å². The van der Waals surface area contributed by atoms with Crippen LogP contribution in [-0.2, 0) is 16.1 Å². The lowest BCUT2D eigenvalue weighted by molar-refractivity contribution is -0.138. The number of amidine groups is 1. The molecule has 0 aromatic heterocycles. The second-order valence-electron chi connectivity index (χ2n) is 10.6. The lowest BCUT2D eigenvalue weighted by Gasteiger charge is -2.27. The van der Waals surface area contributed by atoms with Gasteiger partial charge in [0.1, 0.15) is 12.4 Å². The van der Waals surface area contributed by atoms with E-state index in [1.165, 1.54) is 18.4 Å². The third-order valence-corrected chi connectivity index (χ3v) is 8.61. The minimum Gasteiger partial charge on any atom is -0.345 e.